The van der Waals surface area contributed by atoms with E-state index >= 15 is 0 Å². The van der Waals surface area contributed by atoms with Crippen LogP contribution < -0.4 is 0 Å². The van der Waals surface area contributed by atoms with E-state index in [0.717, 1.165) is 6.42 Å². The van der Waals surface area contributed by atoms with Crippen molar-refractivity contribution in [1.82, 2.24) is 0 Å². The first-order chi connectivity index (χ1) is 21.3. The minimum absolute atomic E-state index is 0.936. The second kappa shape index (κ2) is 9.54. The molecule has 43 heavy (non-hydrogen) atoms. The van der Waals surface area contributed by atoms with Gasteiger partial charge in [-0.3, -0.25) is 0 Å². The van der Waals surface area contributed by atoms with Crippen molar-refractivity contribution in [2.24, 2.45) is 0 Å². The molecule has 0 unspecified atom stereocenters. The number of rotatable bonds is 3. The fourth-order valence-electron chi connectivity index (χ4n) is 7.44. The molecule has 0 fully saturated rings. The van der Waals surface area contributed by atoms with Gasteiger partial charge in [-0.15, -0.1) is 0 Å². The molecule has 1 aliphatic rings. The van der Waals surface area contributed by atoms with E-state index in [4.69, 9.17) is 0 Å². The SMILES string of the molecule is c1ccc(-c2cc3ccccc3c3c2Cc2cc(-c4c5ccccc5c(-c5ccccc5)c5ccccc45)ccc2-3)cc1. The maximum atomic E-state index is 2.47. The van der Waals surface area contributed by atoms with Gasteiger partial charge in [-0.05, 0) is 100 Å². The predicted molar refractivity (Wildman–Crippen MR) is 184 cm³/mol. The molecule has 0 bridgehead atoms. The summed E-state index contributed by atoms with van der Waals surface area (Å²) in [6, 6.07) is 58.0. The van der Waals surface area contributed by atoms with Crippen molar-refractivity contribution in [3.63, 3.8) is 0 Å². The normalized spacial score (nSPS) is 12.1. The maximum absolute atomic E-state index is 2.47. The topological polar surface area (TPSA) is 0 Å². The van der Waals surface area contributed by atoms with Gasteiger partial charge < -0.3 is 0 Å². The summed E-state index contributed by atoms with van der Waals surface area (Å²) >= 11 is 0. The van der Waals surface area contributed by atoms with Crippen LogP contribution >= 0.6 is 0 Å². The molecular weight excluding hydrogens is 516 g/mol. The highest BCUT2D eigenvalue weighted by molar-refractivity contribution is 6.21. The average Bonchev–Trinajstić information content (AvgIpc) is 3.47. The molecule has 0 saturated heterocycles. The summed E-state index contributed by atoms with van der Waals surface area (Å²) in [7, 11) is 0. The molecule has 8 aromatic carbocycles. The van der Waals surface area contributed by atoms with Crippen molar-refractivity contribution >= 4 is 32.3 Å². The molecule has 9 rings (SSSR count). The second-order valence-electron chi connectivity index (χ2n) is 11.6. The van der Waals surface area contributed by atoms with E-state index in [2.05, 4.69) is 158 Å². The van der Waals surface area contributed by atoms with Crippen molar-refractivity contribution in [2.45, 2.75) is 6.42 Å². The Hall–Kier alpha value is -5.46. The molecule has 0 spiro atoms. The van der Waals surface area contributed by atoms with Crippen LogP contribution in [0.2, 0.25) is 0 Å². The molecule has 0 aliphatic heterocycles. The fourth-order valence-corrected chi connectivity index (χ4v) is 7.44. The predicted octanol–water partition coefficient (Wildman–Crippen LogP) is 11.7. The third kappa shape index (κ3) is 3.70. The third-order valence-electron chi connectivity index (χ3n) is 9.27. The molecule has 0 N–H and O–H groups in total. The Morgan fingerprint density at radius 3 is 1.47 bits per heavy atom. The van der Waals surface area contributed by atoms with Gasteiger partial charge in [-0.1, -0.05) is 152 Å². The lowest BCUT2D eigenvalue weighted by Crippen LogP contribution is -1.91. The van der Waals surface area contributed by atoms with E-state index in [9.17, 15) is 0 Å². The summed E-state index contributed by atoms with van der Waals surface area (Å²) in [4.78, 5) is 0. The number of hydrogen-bond acceptors (Lipinski definition) is 0. The molecule has 0 heteroatoms. The lowest BCUT2D eigenvalue weighted by Gasteiger charge is -2.18. The number of hydrogen-bond donors (Lipinski definition) is 0. The monoisotopic (exact) mass is 544 g/mol. The van der Waals surface area contributed by atoms with Gasteiger partial charge in [0.05, 0.1) is 0 Å². The molecule has 0 amide bonds. The van der Waals surface area contributed by atoms with Gasteiger partial charge in [-0.2, -0.15) is 0 Å². The third-order valence-corrected chi connectivity index (χ3v) is 9.27. The first-order valence-electron chi connectivity index (χ1n) is 15.1. The van der Waals surface area contributed by atoms with Crippen LogP contribution in [0.1, 0.15) is 11.1 Å². The van der Waals surface area contributed by atoms with E-state index in [1.165, 1.54) is 88.0 Å². The molecule has 200 valence electrons. The molecule has 8 aromatic rings. The van der Waals surface area contributed by atoms with Crippen molar-refractivity contribution in [3.05, 3.63) is 169 Å². The zero-order valence-corrected chi connectivity index (χ0v) is 23.7. The summed E-state index contributed by atoms with van der Waals surface area (Å²) in [5.41, 5.74) is 13.4. The largest absolute Gasteiger partial charge is 0.0622 e. The van der Waals surface area contributed by atoms with Crippen LogP contribution in [0.5, 0.6) is 0 Å². The van der Waals surface area contributed by atoms with Gasteiger partial charge in [0.15, 0.2) is 0 Å². The first kappa shape index (κ1) is 24.2. The van der Waals surface area contributed by atoms with Crippen molar-refractivity contribution in [2.75, 3.05) is 0 Å². The van der Waals surface area contributed by atoms with Crippen LogP contribution in [0.25, 0.3) is 76.8 Å². The molecule has 0 heterocycles. The van der Waals surface area contributed by atoms with E-state index in [0.29, 0.717) is 0 Å². The average molecular weight is 545 g/mol. The van der Waals surface area contributed by atoms with Crippen LogP contribution in [0.3, 0.4) is 0 Å². The number of benzene rings is 8. The van der Waals surface area contributed by atoms with Crippen LogP contribution in [-0.2, 0) is 6.42 Å². The maximum Gasteiger partial charge on any atom is -0.000683 e. The molecular formula is C43H28. The van der Waals surface area contributed by atoms with Gasteiger partial charge in [0.2, 0.25) is 0 Å². The van der Waals surface area contributed by atoms with Gasteiger partial charge >= 0.3 is 0 Å². The lowest BCUT2D eigenvalue weighted by atomic mass is 9.85. The summed E-state index contributed by atoms with van der Waals surface area (Å²) in [5.74, 6) is 0. The second-order valence-corrected chi connectivity index (χ2v) is 11.6. The molecule has 0 aromatic heterocycles. The molecule has 0 atom stereocenters. The quantitative estimate of drug-likeness (QED) is 0.194. The summed E-state index contributed by atoms with van der Waals surface area (Å²) in [6.45, 7) is 0. The van der Waals surface area contributed by atoms with Gasteiger partial charge in [0.1, 0.15) is 0 Å². The Morgan fingerprint density at radius 1 is 0.326 bits per heavy atom. The summed E-state index contributed by atoms with van der Waals surface area (Å²) < 4.78 is 0. The van der Waals surface area contributed by atoms with Gasteiger partial charge in [-0.25, -0.2) is 0 Å². The highest BCUT2D eigenvalue weighted by Gasteiger charge is 2.26. The van der Waals surface area contributed by atoms with Crippen LogP contribution in [0, 0.1) is 0 Å². The van der Waals surface area contributed by atoms with Crippen molar-refractivity contribution < 1.29 is 0 Å². The van der Waals surface area contributed by atoms with Crippen molar-refractivity contribution in [1.29, 1.82) is 0 Å². The molecule has 0 nitrogen and oxygen atoms in total. The minimum Gasteiger partial charge on any atom is -0.0622 e. The Balaban J connectivity index is 1.30. The Morgan fingerprint density at radius 2 is 0.837 bits per heavy atom. The van der Waals surface area contributed by atoms with Gasteiger partial charge in [0, 0.05) is 0 Å². The van der Waals surface area contributed by atoms with Crippen LogP contribution in [0.15, 0.2) is 158 Å². The number of fused-ring (bicyclic) bond motifs is 7. The Kier molecular flexibility index (Phi) is 5.36. The molecule has 0 radical (unpaired) electrons. The van der Waals surface area contributed by atoms with Crippen LogP contribution in [-0.4, -0.2) is 0 Å². The fraction of sp³-hybridized carbons (Fsp3) is 0.0233. The standard InChI is InChI=1S/C43H28/c1-3-13-28(14-4-1)39-26-30-17-7-8-18-33(30)43-34-24-23-31(25-32(34)27-40(39)43)42-37-21-11-9-19-35(37)41(29-15-5-2-6-16-29)36-20-10-12-22-38(36)42/h1-26H,27H2. The first-order valence-corrected chi connectivity index (χ1v) is 15.1. The minimum atomic E-state index is 0.936. The van der Waals surface area contributed by atoms with E-state index < -0.39 is 0 Å². The lowest BCUT2D eigenvalue weighted by molar-refractivity contribution is 1.27. The molecule has 0 saturated carbocycles. The Bertz CT molecular complexity index is 2290. The molecule has 1 aliphatic carbocycles. The summed E-state index contributed by atoms with van der Waals surface area (Å²) in [6.07, 6.45) is 0.936. The van der Waals surface area contributed by atoms with Gasteiger partial charge in [0.25, 0.3) is 0 Å². The zero-order valence-electron chi connectivity index (χ0n) is 23.7. The van der Waals surface area contributed by atoms with E-state index in [-0.39, 0.29) is 0 Å². The zero-order chi connectivity index (χ0) is 28.3. The van der Waals surface area contributed by atoms with Crippen molar-refractivity contribution in [3.8, 4) is 44.5 Å². The smallest absolute Gasteiger partial charge is 0.000683 e. The van der Waals surface area contributed by atoms with E-state index in [1.807, 2.05) is 0 Å². The highest BCUT2D eigenvalue weighted by atomic mass is 14.3. The van der Waals surface area contributed by atoms with Crippen LogP contribution in [0.4, 0.5) is 0 Å². The Labute approximate surface area is 251 Å². The summed E-state index contributed by atoms with van der Waals surface area (Å²) in [5, 5.41) is 7.82. The van der Waals surface area contributed by atoms with E-state index in [1.54, 1.807) is 0 Å². The highest BCUT2D eigenvalue weighted by Crippen LogP contribution is 2.49.